The number of ether oxygens (including phenoxy) is 1. The first kappa shape index (κ1) is 14.2. The number of carbonyl (C=O) groups excluding carboxylic acids is 1. The molecular formula is C12H20ClNO3. The molecule has 0 bridgehead atoms. The van der Waals surface area contributed by atoms with Gasteiger partial charge in [0.1, 0.15) is 0 Å². The molecular weight excluding hydrogens is 242 g/mol. The molecule has 0 spiro atoms. The molecule has 0 aromatic carbocycles. The molecule has 0 aromatic heterocycles. The van der Waals surface area contributed by atoms with Crippen molar-refractivity contribution in [2.75, 3.05) is 7.11 Å². The van der Waals surface area contributed by atoms with Crippen LogP contribution in [0, 0.1) is 5.92 Å². The van der Waals surface area contributed by atoms with Crippen molar-refractivity contribution in [1.29, 1.82) is 0 Å². The monoisotopic (exact) mass is 261 g/mol. The molecule has 0 heterocycles. The van der Waals surface area contributed by atoms with E-state index in [4.69, 9.17) is 11.8 Å². The van der Waals surface area contributed by atoms with Crippen LogP contribution in [0.1, 0.15) is 39.5 Å². The third-order valence-corrected chi connectivity index (χ3v) is 3.85. The van der Waals surface area contributed by atoms with Gasteiger partial charge >= 0.3 is 5.97 Å². The number of halogens is 1. The lowest BCUT2D eigenvalue weighted by atomic mass is 10.0. The molecule has 4 nitrogen and oxygen atoms in total. The summed E-state index contributed by atoms with van der Waals surface area (Å²) in [6, 6.07) is -0.308. The van der Waals surface area contributed by atoms with E-state index in [1.165, 1.54) is 11.5 Å². The average molecular weight is 262 g/mol. The van der Waals surface area contributed by atoms with Crippen molar-refractivity contribution in [3.05, 3.63) is 11.5 Å². The number of hydrogen-bond acceptors (Lipinski definition) is 4. The van der Waals surface area contributed by atoms with E-state index < -0.39 is 0 Å². The minimum atomic E-state index is -0.387. The van der Waals surface area contributed by atoms with Gasteiger partial charge in [0.15, 0.2) is 0 Å². The molecule has 1 fully saturated rings. The summed E-state index contributed by atoms with van der Waals surface area (Å²) in [6.45, 7) is 3.53. The van der Waals surface area contributed by atoms with Crippen LogP contribution in [-0.2, 0) is 9.53 Å². The van der Waals surface area contributed by atoms with E-state index in [0.29, 0.717) is 0 Å². The minimum absolute atomic E-state index is 0.104. The van der Waals surface area contributed by atoms with Crippen LogP contribution < -0.4 is 0 Å². The molecule has 1 saturated carbocycles. The number of nitrogens with zero attached hydrogens (tertiary/aromatic N) is 1. The number of aliphatic hydroxyl groups is 1. The summed E-state index contributed by atoms with van der Waals surface area (Å²) in [5.41, 5.74) is 0.976. The lowest BCUT2D eigenvalue weighted by Crippen LogP contribution is -2.35. The molecule has 0 saturated heterocycles. The van der Waals surface area contributed by atoms with Gasteiger partial charge in [0.25, 0.3) is 0 Å². The molecule has 0 aliphatic heterocycles. The molecule has 2 unspecified atom stereocenters. The van der Waals surface area contributed by atoms with Crippen LogP contribution in [0.3, 0.4) is 0 Å². The van der Waals surface area contributed by atoms with Crippen LogP contribution in [0.4, 0.5) is 0 Å². The highest BCUT2D eigenvalue weighted by Gasteiger charge is 2.28. The second kappa shape index (κ2) is 6.15. The van der Waals surface area contributed by atoms with E-state index in [9.17, 15) is 9.90 Å². The Bertz CT molecular complexity index is 309. The minimum Gasteiger partial charge on any atom is -0.494 e. The SMILES string of the molecule is COC(=O)C(C)C(C)N(Cl)C(O)=C1CCCC1. The van der Waals surface area contributed by atoms with Crippen molar-refractivity contribution in [1.82, 2.24) is 4.42 Å². The van der Waals surface area contributed by atoms with Crippen LogP contribution in [0.5, 0.6) is 0 Å². The number of hydrogen-bond donors (Lipinski definition) is 1. The number of aliphatic hydroxyl groups excluding tert-OH is 1. The first-order valence-electron chi connectivity index (χ1n) is 5.92. The lowest BCUT2D eigenvalue weighted by Gasteiger charge is -2.27. The third kappa shape index (κ3) is 3.28. The Morgan fingerprint density at radius 1 is 1.41 bits per heavy atom. The standard InChI is InChI=1S/C12H20ClNO3/c1-8(12(16)17-3)9(2)14(13)11(15)10-6-4-5-7-10/h8-9,15H,4-7H2,1-3H3. The molecule has 1 aliphatic rings. The Hall–Kier alpha value is -0.900. The van der Waals surface area contributed by atoms with Crippen molar-refractivity contribution < 1.29 is 14.6 Å². The van der Waals surface area contributed by atoms with Crippen molar-refractivity contribution in [2.24, 2.45) is 5.92 Å². The Balaban J connectivity index is 2.71. The Morgan fingerprint density at radius 2 is 1.94 bits per heavy atom. The van der Waals surface area contributed by atoms with Crippen molar-refractivity contribution in [2.45, 2.75) is 45.6 Å². The van der Waals surface area contributed by atoms with Crippen molar-refractivity contribution >= 4 is 17.7 Å². The maximum atomic E-state index is 11.4. The van der Waals surface area contributed by atoms with Crippen LogP contribution in [-0.4, -0.2) is 28.6 Å². The summed E-state index contributed by atoms with van der Waals surface area (Å²) >= 11 is 6.08. The zero-order valence-electron chi connectivity index (χ0n) is 10.6. The molecule has 5 heteroatoms. The molecule has 17 heavy (non-hydrogen) atoms. The zero-order chi connectivity index (χ0) is 13.0. The highest BCUT2D eigenvalue weighted by molar-refractivity contribution is 6.14. The Morgan fingerprint density at radius 3 is 2.41 bits per heavy atom. The van der Waals surface area contributed by atoms with Gasteiger partial charge in [0.05, 0.1) is 19.1 Å². The molecule has 0 aromatic rings. The smallest absolute Gasteiger partial charge is 0.310 e. The number of rotatable bonds is 4. The van der Waals surface area contributed by atoms with Crippen molar-refractivity contribution in [3.63, 3.8) is 0 Å². The fourth-order valence-corrected chi connectivity index (χ4v) is 2.24. The van der Waals surface area contributed by atoms with Gasteiger partial charge in [-0.15, -0.1) is 0 Å². The molecule has 1 aliphatic carbocycles. The van der Waals surface area contributed by atoms with Gasteiger partial charge in [-0.1, -0.05) is 0 Å². The van der Waals surface area contributed by atoms with E-state index in [-0.39, 0.29) is 23.8 Å². The quantitative estimate of drug-likeness (QED) is 0.480. The summed E-state index contributed by atoms with van der Waals surface area (Å²) < 4.78 is 5.92. The number of methoxy groups -OCH3 is 1. The fraction of sp³-hybridized carbons (Fsp3) is 0.750. The summed E-state index contributed by atoms with van der Waals surface area (Å²) in [6.07, 6.45) is 3.94. The number of esters is 1. The fourth-order valence-electron chi connectivity index (χ4n) is 1.95. The second-order valence-corrected chi connectivity index (χ2v) is 4.86. The summed E-state index contributed by atoms with van der Waals surface area (Å²) in [5, 5.41) is 10.0. The molecule has 0 amide bonds. The van der Waals surface area contributed by atoms with Gasteiger partial charge in [0, 0.05) is 11.8 Å². The predicted molar refractivity (Wildman–Crippen MR) is 66.5 cm³/mol. The van der Waals surface area contributed by atoms with E-state index in [1.54, 1.807) is 13.8 Å². The summed E-state index contributed by atoms with van der Waals surface area (Å²) in [5.74, 6) is -0.610. The number of allylic oxidation sites excluding steroid dienone is 1. The van der Waals surface area contributed by atoms with E-state index in [1.807, 2.05) is 0 Å². The van der Waals surface area contributed by atoms with Crippen LogP contribution in [0.2, 0.25) is 0 Å². The highest BCUT2D eigenvalue weighted by Crippen LogP contribution is 2.30. The van der Waals surface area contributed by atoms with Crippen LogP contribution in [0.15, 0.2) is 11.5 Å². The molecule has 98 valence electrons. The molecule has 0 radical (unpaired) electrons. The van der Waals surface area contributed by atoms with Gasteiger partial charge in [-0.3, -0.25) is 9.21 Å². The summed E-state index contributed by atoms with van der Waals surface area (Å²) in [7, 11) is 1.35. The lowest BCUT2D eigenvalue weighted by molar-refractivity contribution is -0.146. The van der Waals surface area contributed by atoms with Gasteiger partial charge in [-0.25, -0.2) is 0 Å². The van der Waals surface area contributed by atoms with Crippen LogP contribution >= 0.6 is 11.8 Å². The highest BCUT2D eigenvalue weighted by atomic mass is 35.5. The van der Waals surface area contributed by atoms with E-state index in [0.717, 1.165) is 31.3 Å². The molecule has 2 atom stereocenters. The molecule has 1 rings (SSSR count). The predicted octanol–water partition coefficient (Wildman–Crippen LogP) is 2.98. The Labute approximate surface area is 107 Å². The maximum absolute atomic E-state index is 11.4. The summed E-state index contributed by atoms with van der Waals surface area (Å²) in [4.78, 5) is 11.4. The van der Waals surface area contributed by atoms with Gasteiger partial charge in [-0.05, 0) is 45.1 Å². The first-order valence-corrected chi connectivity index (χ1v) is 6.26. The average Bonchev–Trinajstić information content (AvgIpc) is 2.87. The van der Waals surface area contributed by atoms with Crippen molar-refractivity contribution in [3.8, 4) is 0 Å². The van der Waals surface area contributed by atoms with Crippen LogP contribution in [0.25, 0.3) is 0 Å². The van der Waals surface area contributed by atoms with E-state index >= 15 is 0 Å². The topological polar surface area (TPSA) is 49.8 Å². The Kier molecular flexibility index (Phi) is 5.12. The largest absolute Gasteiger partial charge is 0.494 e. The van der Waals surface area contributed by atoms with Gasteiger partial charge in [0.2, 0.25) is 5.88 Å². The normalized spacial score (nSPS) is 18.7. The van der Waals surface area contributed by atoms with Gasteiger partial charge in [-0.2, -0.15) is 0 Å². The number of carbonyl (C=O) groups is 1. The second-order valence-electron chi connectivity index (χ2n) is 4.50. The first-order chi connectivity index (χ1) is 7.99. The molecule has 1 N–H and O–H groups in total. The van der Waals surface area contributed by atoms with E-state index in [2.05, 4.69) is 4.74 Å². The third-order valence-electron chi connectivity index (χ3n) is 3.38. The zero-order valence-corrected chi connectivity index (χ0v) is 11.3. The van der Waals surface area contributed by atoms with Gasteiger partial charge < -0.3 is 9.84 Å². The maximum Gasteiger partial charge on any atom is 0.310 e.